The molecule has 0 aliphatic carbocycles. The quantitative estimate of drug-likeness (QED) is 0.423. The maximum Gasteiger partial charge on any atom is 0.230 e. The zero-order valence-corrected chi connectivity index (χ0v) is 16.5. The van der Waals surface area contributed by atoms with Gasteiger partial charge in [0.2, 0.25) is 5.91 Å². The second kappa shape index (κ2) is 8.86. The van der Waals surface area contributed by atoms with Gasteiger partial charge in [0, 0.05) is 34.1 Å². The van der Waals surface area contributed by atoms with Crippen LogP contribution >= 0.6 is 23.1 Å². The summed E-state index contributed by atoms with van der Waals surface area (Å²) in [7, 11) is 0. The van der Waals surface area contributed by atoms with E-state index < -0.39 is 0 Å². The van der Waals surface area contributed by atoms with E-state index in [1.54, 1.807) is 24.2 Å². The van der Waals surface area contributed by atoms with E-state index in [4.69, 9.17) is 4.42 Å². The van der Waals surface area contributed by atoms with Gasteiger partial charge in [-0.3, -0.25) is 9.78 Å². The molecule has 0 bridgehead atoms. The van der Waals surface area contributed by atoms with Crippen molar-refractivity contribution in [3.05, 3.63) is 83.8 Å². The first-order valence-electron chi connectivity index (χ1n) is 8.66. The molecule has 4 rings (SSSR count). The second-order valence-electron chi connectivity index (χ2n) is 6.02. The smallest absolute Gasteiger partial charge is 0.230 e. The van der Waals surface area contributed by atoms with Crippen LogP contribution in [0.15, 0.2) is 81.9 Å². The van der Waals surface area contributed by atoms with Crippen LogP contribution in [-0.4, -0.2) is 15.9 Å². The number of anilines is 1. The number of pyridine rings is 1. The Labute approximate surface area is 170 Å². The molecule has 0 saturated heterocycles. The van der Waals surface area contributed by atoms with Gasteiger partial charge in [-0.05, 0) is 48.0 Å². The molecular formula is C21H17N3O2S2. The fourth-order valence-electron chi connectivity index (χ4n) is 2.56. The first-order chi connectivity index (χ1) is 13.8. The maximum atomic E-state index is 12.3. The first-order valence-corrected chi connectivity index (χ1v) is 10.5. The van der Waals surface area contributed by atoms with Crippen molar-refractivity contribution in [1.82, 2.24) is 9.97 Å². The molecule has 3 heterocycles. The van der Waals surface area contributed by atoms with Gasteiger partial charge < -0.3 is 9.73 Å². The number of hydrogen-bond acceptors (Lipinski definition) is 6. The van der Waals surface area contributed by atoms with Crippen molar-refractivity contribution < 1.29 is 9.21 Å². The van der Waals surface area contributed by atoms with Gasteiger partial charge >= 0.3 is 0 Å². The number of rotatable bonds is 7. The lowest BCUT2D eigenvalue weighted by atomic mass is 10.3. The highest BCUT2D eigenvalue weighted by molar-refractivity contribution is 7.98. The van der Waals surface area contributed by atoms with Crippen LogP contribution in [0.2, 0.25) is 0 Å². The van der Waals surface area contributed by atoms with Crippen LogP contribution in [0, 0.1) is 0 Å². The van der Waals surface area contributed by atoms with Crippen molar-refractivity contribution in [2.24, 2.45) is 0 Å². The number of carbonyl (C=O) groups excluding carboxylic acids is 1. The third-order valence-corrected chi connectivity index (χ3v) is 5.88. The van der Waals surface area contributed by atoms with Crippen molar-refractivity contribution in [3.63, 3.8) is 0 Å². The molecule has 0 atom stereocenters. The van der Waals surface area contributed by atoms with E-state index in [0.29, 0.717) is 0 Å². The van der Waals surface area contributed by atoms with E-state index in [9.17, 15) is 4.79 Å². The molecule has 3 aromatic heterocycles. The number of benzene rings is 1. The van der Waals surface area contributed by atoms with E-state index in [0.717, 1.165) is 32.8 Å². The van der Waals surface area contributed by atoms with Crippen LogP contribution in [0.3, 0.4) is 0 Å². The Hall–Kier alpha value is -2.90. The van der Waals surface area contributed by atoms with Crippen LogP contribution in [0.25, 0.3) is 10.8 Å². The summed E-state index contributed by atoms with van der Waals surface area (Å²) in [5.74, 6) is 1.49. The number of furan rings is 1. The van der Waals surface area contributed by atoms with Crippen LogP contribution < -0.4 is 5.32 Å². The van der Waals surface area contributed by atoms with Gasteiger partial charge in [-0.1, -0.05) is 6.07 Å². The molecule has 1 N–H and O–H groups in total. The predicted molar refractivity (Wildman–Crippen MR) is 112 cm³/mol. The maximum absolute atomic E-state index is 12.3. The molecule has 0 saturated carbocycles. The Morgan fingerprint density at radius 3 is 2.79 bits per heavy atom. The Bertz CT molecular complexity index is 1030. The molecule has 4 aromatic rings. The van der Waals surface area contributed by atoms with Gasteiger partial charge in [-0.25, -0.2) is 4.98 Å². The van der Waals surface area contributed by atoms with Gasteiger partial charge in [0.25, 0.3) is 0 Å². The number of hydrogen-bond donors (Lipinski definition) is 1. The van der Waals surface area contributed by atoms with E-state index in [2.05, 4.69) is 21.4 Å². The molecule has 0 radical (unpaired) electrons. The third kappa shape index (κ3) is 4.88. The summed E-state index contributed by atoms with van der Waals surface area (Å²) >= 11 is 3.20. The van der Waals surface area contributed by atoms with Crippen molar-refractivity contribution in [1.29, 1.82) is 0 Å². The monoisotopic (exact) mass is 407 g/mol. The summed E-state index contributed by atoms with van der Waals surface area (Å²) in [6, 6.07) is 15.5. The fraction of sp³-hybridized carbons (Fsp3) is 0.0952. The molecule has 0 fully saturated rings. The number of thioether (sulfide) groups is 1. The average Bonchev–Trinajstić information content (AvgIpc) is 3.40. The third-order valence-electron chi connectivity index (χ3n) is 3.89. The van der Waals surface area contributed by atoms with E-state index in [-0.39, 0.29) is 12.3 Å². The molecule has 7 heteroatoms. The lowest BCUT2D eigenvalue weighted by Crippen LogP contribution is -2.14. The molecular weight excluding hydrogens is 390 g/mol. The standard InChI is InChI=1S/C21H17N3O2S2/c25-20(11-17-14-28-21(24-17)19-4-2-10-26-19)23-16-5-7-18(8-6-16)27-13-15-3-1-9-22-12-15/h1-10,12,14H,11,13H2,(H,23,25). The molecule has 0 spiro atoms. The first kappa shape index (κ1) is 18.5. The summed E-state index contributed by atoms with van der Waals surface area (Å²) in [4.78, 5) is 22.0. The topological polar surface area (TPSA) is 68.0 Å². The van der Waals surface area contributed by atoms with E-state index >= 15 is 0 Å². The van der Waals surface area contributed by atoms with Gasteiger partial charge in [0.05, 0.1) is 18.4 Å². The minimum Gasteiger partial charge on any atom is -0.462 e. The molecule has 0 aliphatic rings. The second-order valence-corrected chi connectivity index (χ2v) is 7.93. The van der Waals surface area contributed by atoms with Gasteiger partial charge in [-0.2, -0.15) is 0 Å². The van der Waals surface area contributed by atoms with Crippen molar-refractivity contribution in [2.45, 2.75) is 17.1 Å². The lowest BCUT2D eigenvalue weighted by Gasteiger charge is -2.06. The van der Waals surface area contributed by atoms with E-state index in [1.807, 2.05) is 54.0 Å². The number of amides is 1. The van der Waals surface area contributed by atoms with Crippen molar-refractivity contribution in [2.75, 3.05) is 5.32 Å². The average molecular weight is 408 g/mol. The fourth-order valence-corrected chi connectivity index (χ4v) is 4.17. The Morgan fingerprint density at radius 2 is 2.04 bits per heavy atom. The number of nitrogens with zero attached hydrogens (tertiary/aromatic N) is 2. The highest BCUT2D eigenvalue weighted by Gasteiger charge is 2.11. The zero-order chi connectivity index (χ0) is 19.2. The SMILES string of the molecule is O=C(Cc1csc(-c2ccco2)n1)Nc1ccc(SCc2cccnc2)cc1. The van der Waals surface area contributed by atoms with Crippen LogP contribution in [0.5, 0.6) is 0 Å². The number of aromatic nitrogens is 2. The molecule has 0 aliphatic heterocycles. The Kier molecular flexibility index (Phi) is 5.84. The Balaban J connectivity index is 1.29. The van der Waals surface area contributed by atoms with Crippen molar-refractivity contribution >= 4 is 34.7 Å². The van der Waals surface area contributed by atoms with Crippen LogP contribution in [0.1, 0.15) is 11.3 Å². The molecule has 28 heavy (non-hydrogen) atoms. The molecule has 140 valence electrons. The van der Waals surface area contributed by atoms with E-state index in [1.165, 1.54) is 16.9 Å². The van der Waals surface area contributed by atoms with Crippen LogP contribution in [0.4, 0.5) is 5.69 Å². The molecule has 1 amide bonds. The Morgan fingerprint density at radius 1 is 1.14 bits per heavy atom. The van der Waals surface area contributed by atoms with Gasteiger partial charge in [0.1, 0.15) is 0 Å². The summed E-state index contributed by atoms with van der Waals surface area (Å²) < 4.78 is 5.33. The van der Waals surface area contributed by atoms with Crippen LogP contribution in [-0.2, 0) is 17.0 Å². The zero-order valence-electron chi connectivity index (χ0n) is 14.9. The highest BCUT2D eigenvalue weighted by Crippen LogP contribution is 2.25. The van der Waals surface area contributed by atoms with Crippen molar-refractivity contribution in [3.8, 4) is 10.8 Å². The summed E-state index contributed by atoms with van der Waals surface area (Å²) in [5, 5.41) is 5.58. The molecule has 0 unspecified atom stereocenters. The molecule has 1 aromatic carbocycles. The normalized spacial score (nSPS) is 10.7. The highest BCUT2D eigenvalue weighted by atomic mass is 32.2. The number of carbonyl (C=O) groups is 1. The van der Waals surface area contributed by atoms with Gasteiger partial charge in [0.15, 0.2) is 10.8 Å². The minimum absolute atomic E-state index is 0.0907. The summed E-state index contributed by atoms with van der Waals surface area (Å²) in [6.45, 7) is 0. The number of thiazole rings is 1. The summed E-state index contributed by atoms with van der Waals surface area (Å²) in [5.41, 5.74) is 2.69. The largest absolute Gasteiger partial charge is 0.462 e. The minimum atomic E-state index is -0.0907. The lowest BCUT2D eigenvalue weighted by molar-refractivity contribution is -0.115. The number of nitrogens with one attached hydrogen (secondary N) is 1. The summed E-state index contributed by atoms with van der Waals surface area (Å²) in [6.07, 6.45) is 5.49. The molecule has 5 nitrogen and oxygen atoms in total. The predicted octanol–water partition coefficient (Wildman–Crippen LogP) is 5.27. The van der Waals surface area contributed by atoms with Gasteiger partial charge in [-0.15, -0.1) is 23.1 Å².